The van der Waals surface area contributed by atoms with Crippen LogP contribution in [0.25, 0.3) is 0 Å². The first-order valence-electron chi connectivity index (χ1n) is 31.6. The third kappa shape index (κ3) is 63.5. The number of hydrogen-bond acceptors (Lipinski definition) is 6. The lowest BCUT2D eigenvalue weighted by Crippen LogP contribution is -2.30. The van der Waals surface area contributed by atoms with Crippen LogP contribution in [0.3, 0.4) is 0 Å². The van der Waals surface area contributed by atoms with Gasteiger partial charge in [0.05, 0.1) is 0 Å². The van der Waals surface area contributed by atoms with Crippen molar-refractivity contribution >= 4 is 17.9 Å². The van der Waals surface area contributed by atoms with E-state index in [9.17, 15) is 14.4 Å². The third-order valence-corrected chi connectivity index (χ3v) is 12.7. The van der Waals surface area contributed by atoms with Crippen LogP contribution in [0.15, 0.2) is 170 Å². The fraction of sp³-hybridized carbons (Fsp3) is 0.575. The minimum absolute atomic E-state index is 0.122. The average molecular weight is 1090 g/mol. The van der Waals surface area contributed by atoms with Gasteiger partial charge in [0.2, 0.25) is 0 Å². The van der Waals surface area contributed by atoms with Gasteiger partial charge in [0, 0.05) is 19.3 Å². The van der Waals surface area contributed by atoms with Crippen molar-refractivity contribution in [1.82, 2.24) is 0 Å². The molecule has 0 radical (unpaired) electrons. The molecule has 0 amide bonds. The smallest absolute Gasteiger partial charge is 0.306 e. The van der Waals surface area contributed by atoms with Crippen LogP contribution in [0.4, 0.5) is 0 Å². The number of hydrogen-bond donors (Lipinski definition) is 0. The molecule has 0 bridgehead atoms. The fourth-order valence-corrected chi connectivity index (χ4v) is 8.04. The summed E-state index contributed by atoms with van der Waals surface area (Å²) in [4.78, 5) is 38.2. The molecule has 79 heavy (non-hydrogen) atoms. The van der Waals surface area contributed by atoms with E-state index < -0.39 is 12.1 Å². The molecule has 0 saturated carbocycles. The van der Waals surface area contributed by atoms with E-state index in [0.29, 0.717) is 19.3 Å². The second-order valence-corrected chi connectivity index (χ2v) is 20.2. The first-order valence-corrected chi connectivity index (χ1v) is 31.6. The molecule has 0 saturated heterocycles. The largest absolute Gasteiger partial charge is 0.462 e. The molecule has 1 unspecified atom stereocenters. The predicted octanol–water partition coefficient (Wildman–Crippen LogP) is 21.9. The van der Waals surface area contributed by atoms with Crippen molar-refractivity contribution in [3.05, 3.63) is 170 Å². The number of esters is 3. The summed E-state index contributed by atoms with van der Waals surface area (Å²) in [5.41, 5.74) is 0. The maximum absolute atomic E-state index is 12.9. The molecule has 1 atom stereocenters. The van der Waals surface area contributed by atoms with Gasteiger partial charge in [-0.1, -0.05) is 268 Å². The highest BCUT2D eigenvalue weighted by Crippen LogP contribution is 2.14. The van der Waals surface area contributed by atoms with E-state index in [-0.39, 0.29) is 31.6 Å². The highest BCUT2D eigenvalue weighted by molar-refractivity contribution is 5.71. The van der Waals surface area contributed by atoms with E-state index in [0.717, 1.165) is 154 Å². The Bertz CT molecular complexity index is 1820. The Balaban J connectivity index is 4.42. The Morgan fingerprint density at radius 3 is 0.823 bits per heavy atom. The normalized spacial score (nSPS) is 13.3. The first kappa shape index (κ1) is 73.8. The molecule has 6 heteroatoms. The molecule has 0 spiro atoms. The highest BCUT2D eigenvalue weighted by atomic mass is 16.6. The number of allylic oxidation sites excluding steroid dienone is 28. The van der Waals surface area contributed by atoms with Gasteiger partial charge in [-0.05, 0) is 135 Å². The summed E-state index contributed by atoms with van der Waals surface area (Å²) in [7, 11) is 0. The van der Waals surface area contributed by atoms with Gasteiger partial charge in [0.25, 0.3) is 0 Å². The van der Waals surface area contributed by atoms with Crippen LogP contribution in [-0.2, 0) is 28.6 Å². The van der Waals surface area contributed by atoms with E-state index in [1.54, 1.807) is 0 Å². The Labute approximate surface area is 485 Å². The zero-order chi connectivity index (χ0) is 57.1. The Morgan fingerprint density at radius 1 is 0.266 bits per heavy atom. The van der Waals surface area contributed by atoms with Crippen LogP contribution >= 0.6 is 0 Å². The topological polar surface area (TPSA) is 78.9 Å². The standard InChI is InChI=1S/C73H114O6/c1-4-7-10-13-16-19-22-25-27-29-31-32-33-34-35-36-37-38-39-40-42-43-45-48-51-54-57-60-63-66-72(75)78-69-70(68-77-71(74)65-62-59-56-53-50-47-24-21-18-15-12-9-6-3)79-73(76)67-64-61-58-55-52-49-46-44-41-30-28-26-23-20-17-14-11-8-5-2/h7-8,10-12,15-17,19-21,24-28,31-32,34-35,37-38,41,44,49,52,58,61,70H,4-6,9,13-14,18,22-23,29-30,33,36,39-40,42-43,45-48,50-51,53-57,59-60,62-69H2,1-3H3/b10-7-,11-8-,15-12-,19-16-,20-17-,24-21-,27-25-,28-26-,32-31-,35-34-,38-37-,44-41-,52-49-,61-58-. The van der Waals surface area contributed by atoms with E-state index in [1.807, 2.05) is 12.2 Å². The van der Waals surface area contributed by atoms with Crippen LogP contribution in [0, 0.1) is 0 Å². The number of ether oxygens (including phenoxy) is 3. The maximum atomic E-state index is 12.9. The molecule has 6 nitrogen and oxygen atoms in total. The minimum atomic E-state index is -0.836. The van der Waals surface area contributed by atoms with Gasteiger partial charge in [0.1, 0.15) is 13.2 Å². The van der Waals surface area contributed by atoms with Crippen molar-refractivity contribution in [3.63, 3.8) is 0 Å². The number of unbranched alkanes of at least 4 members (excludes halogenated alkanes) is 16. The van der Waals surface area contributed by atoms with Crippen LogP contribution in [-0.4, -0.2) is 37.2 Å². The molecule has 0 aliphatic rings. The molecule has 0 aromatic heterocycles. The van der Waals surface area contributed by atoms with Crippen LogP contribution in [0.2, 0.25) is 0 Å². The molecule has 442 valence electrons. The summed E-state index contributed by atoms with van der Waals surface area (Å²) in [6.07, 6.45) is 96.6. The van der Waals surface area contributed by atoms with E-state index in [1.165, 1.54) is 51.4 Å². The minimum Gasteiger partial charge on any atom is -0.462 e. The van der Waals surface area contributed by atoms with E-state index in [4.69, 9.17) is 14.2 Å². The number of rotatable bonds is 55. The summed E-state index contributed by atoms with van der Waals surface area (Å²) in [6, 6.07) is 0. The lowest BCUT2D eigenvalue weighted by atomic mass is 10.1. The zero-order valence-corrected chi connectivity index (χ0v) is 50.6. The molecule has 0 aromatic rings. The van der Waals surface area contributed by atoms with Gasteiger partial charge in [-0.3, -0.25) is 14.4 Å². The highest BCUT2D eigenvalue weighted by Gasteiger charge is 2.19. The first-order chi connectivity index (χ1) is 39.0. The summed E-state index contributed by atoms with van der Waals surface area (Å²) in [5, 5.41) is 0. The van der Waals surface area contributed by atoms with Crippen molar-refractivity contribution in [3.8, 4) is 0 Å². The molecular weight excluding hydrogens is 973 g/mol. The van der Waals surface area contributed by atoms with Gasteiger partial charge < -0.3 is 14.2 Å². The molecule has 0 heterocycles. The Kier molecular flexibility index (Phi) is 61.0. The van der Waals surface area contributed by atoms with Gasteiger partial charge in [-0.25, -0.2) is 0 Å². The van der Waals surface area contributed by atoms with Crippen molar-refractivity contribution in [2.45, 2.75) is 258 Å². The fourth-order valence-electron chi connectivity index (χ4n) is 8.04. The average Bonchev–Trinajstić information content (AvgIpc) is 3.45. The van der Waals surface area contributed by atoms with Crippen LogP contribution < -0.4 is 0 Å². The maximum Gasteiger partial charge on any atom is 0.306 e. The Hall–Kier alpha value is -5.23. The van der Waals surface area contributed by atoms with E-state index in [2.05, 4.69) is 179 Å². The zero-order valence-electron chi connectivity index (χ0n) is 50.6. The summed E-state index contributed by atoms with van der Waals surface area (Å²) < 4.78 is 16.8. The predicted molar refractivity (Wildman–Crippen MR) is 343 cm³/mol. The van der Waals surface area contributed by atoms with Gasteiger partial charge in [-0.15, -0.1) is 0 Å². The Morgan fingerprint density at radius 2 is 0.519 bits per heavy atom. The van der Waals surface area contributed by atoms with Crippen LogP contribution in [0.1, 0.15) is 252 Å². The van der Waals surface area contributed by atoms with Crippen molar-refractivity contribution < 1.29 is 28.6 Å². The molecule has 0 aromatic carbocycles. The summed E-state index contributed by atoms with van der Waals surface area (Å²) in [5.74, 6) is -1.03. The second kappa shape index (κ2) is 65.3. The van der Waals surface area contributed by atoms with Gasteiger partial charge in [0.15, 0.2) is 6.10 Å². The molecule has 0 rings (SSSR count). The van der Waals surface area contributed by atoms with Crippen molar-refractivity contribution in [2.75, 3.05) is 13.2 Å². The lowest BCUT2D eigenvalue weighted by Gasteiger charge is -2.18. The molecular formula is C73H114O6. The van der Waals surface area contributed by atoms with E-state index >= 15 is 0 Å². The molecule has 0 N–H and O–H groups in total. The second-order valence-electron chi connectivity index (χ2n) is 20.2. The van der Waals surface area contributed by atoms with Crippen LogP contribution in [0.5, 0.6) is 0 Å². The monoisotopic (exact) mass is 1090 g/mol. The van der Waals surface area contributed by atoms with Crippen molar-refractivity contribution in [1.29, 1.82) is 0 Å². The lowest BCUT2D eigenvalue weighted by molar-refractivity contribution is -0.166. The number of carbonyl (C=O) groups is 3. The molecule has 0 aliphatic carbocycles. The third-order valence-electron chi connectivity index (χ3n) is 12.7. The SMILES string of the molecule is CC/C=C\C/C=C\C/C=C\C/C=C\C/C=C\C/C=C\CCCCCCCCCCCCC(=O)OCC(COC(=O)CCCCCCC/C=C\C/C=C\CCC)OC(=O)CC/C=C\C/C=C\C/C=C\C/C=C\C/C=C\C/C=C\CC. The molecule has 0 aliphatic heterocycles. The summed E-state index contributed by atoms with van der Waals surface area (Å²) >= 11 is 0. The molecule has 0 fully saturated rings. The van der Waals surface area contributed by atoms with Gasteiger partial charge in [-0.2, -0.15) is 0 Å². The van der Waals surface area contributed by atoms with Crippen molar-refractivity contribution in [2.24, 2.45) is 0 Å². The number of carbonyl (C=O) groups excluding carboxylic acids is 3. The quantitative estimate of drug-likeness (QED) is 0.0261. The summed E-state index contributed by atoms with van der Waals surface area (Å²) in [6.45, 7) is 6.26. The van der Waals surface area contributed by atoms with Gasteiger partial charge >= 0.3 is 17.9 Å².